The van der Waals surface area contributed by atoms with Gasteiger partial charge in [0.25, 0.3) is 0 Å². The van der Waals surface area contributed by atoms with Gasteiger partial charge in [-0.1, -0.05) is 0 Å². The van der Waals surface area contributed by atoms with Crippen LogP contribution in [-0.4, -0.2) is 20.2 Å². The number of hydrogen-bond donors (Lipinski definition) is 4. The second-order valence-electron chi connectivity index (χ2n) is 0.513. The minimum absolute atomic E-state index is 0. The Kier molecular flexibility index (Phi) is 3.58. The van der Waals surface area contributed by atoms with Crippen LogP contribution in [0.25, 0.3) is 0 Å². The van der Waals surface area contributed by atoms with Crippen LogP contribution in [0.15, 0.2) is 0 Å². The van der Waals surface area contributed by atoms with Crippen molar-refractivity contribution in [2.75, 3.05) is 0 Å². The maximum absolute atomic E-state index is 8.88. The first-order valence-corrected chi connectivity index (χ1v) is 2.35. The van der Waals surface area contributed by atoms with Gasteiger partial charge in [0, 0.05) is 0 Å². The molecule has 0 aliphatic heterocycles. The van der Waals surface area contributed by atoms with Crippen molar-refractivity contribution in [3.05, 3.63) is 0 Å². The Morgan fingerprint density at radius 3 is 1.17 bits per heavy atom. The van der Waals surface area contributed by atoms with E-state index in [1.54, 1.807) is 0 Å². The van der Waals surface area contributed by atoms with Gasteiger partial charge in [0.05, 0.1) is 0 Å². The summed E-state index contributed by atoms with van der Waals surface area (Å²) in [5, 5.41) is 0. The first-order valence-electron chi connectivity index (χ1n) is 0.783. The zero-order chi connectivity index (χ0) is 4.50. The van der Waals surface area contributed by atoms with E-state index in [9.17, 15) is 0 Å². The molecular weight excluding hydrogens is 111 g/mol. The summed E-state index contributed by atoms with van der Waals surface area (Å²) in [4.78, 5) is 21.6. The summed E-state index contributed by atoms with van der Waals surface area (Å²) in [6.07, 6.45) is 0. The van der Waals surface area contributed by atoms with Gasteiger partial charge in [-0.3, -0.25) is 5.48 Å². The lowest BCUT2D eigenvalue weighted by atomic mass is 15.8. The molecule has 0 saturated carbocycles. The summed E-state index contributed by atoms with van der Waals surface area (Å²) in [5.74, 6) is 0. The fourth-order valence-electron chi connectivity index (χ4n) is 0. The number of rotatable bonds is 0. The van der Waals surface area contributed by atoms with Crippen LogP contribution >= 0.6 is 7.82 Å². The Hall–Kier alpha value is 0.0700. The molecule has 0 aromatic rings. The lowest BCUT2D eigenvalue weighted by Crippen LogP contribution is -1.66. The van der Waals surface area contributed by atoms with Crippen LogP contribution < -0.4 is 0 Å². The molecule has 0 amide bonds. The molecule has 0 aromatic carbocycles. The maximum atomic E-state index is 8.88. The molecule has 0 spiro atoms. The molecule has 0 atom stereocenters. The Balaban J connectivity index is 0. The average Bonchev–Trinajstić information content (AvgIpc) is 0.722. The molecule has 6 heavy (non-hydrogen) atoms. The number of hydrogen-bond acceptors (Lipinski definition) is 1. The van der Waals surface area contributed by atoms with Crippen molar-refractivity contribution < 1.29 is 24.7 Å². The molecule has 0 aromatic heterocycles. The largest absolute Gasteiger partial charge is 0.466 e. The maximum Gasteiger partial charge on any atom is 0.466 e. The highest BCUT2D eigenvalue weighted by Gasteiger charge is 2.00. The van der Waals surface area contributed by atoms with Gasteiger partial charge in [0.15, 0.2) is 0 Å². The van der Waals surface area contributed by atoms with Crippen molar-refractivity contribution in [3.8, 4) is 0 Å². The summed E-state index contributed by atoms with van der Waals surface area (Å²) in [6.45, 7) is 0. The predicted octanol–water partition coefficient (Wildman–Crippen LogP) is -1.11. The van der Waals surface area contributed by atoms with Crippen molar-refractivity contribution in [2.45, 2.75) is 0 Å². The molecule has 0 bridgehead atoms. The van der Waals surface area contributed by atoms with Crippen LogP contribution in [0.4, 0.5) is 0 Å². The highest BCUT2D eigenvalue weighted by atomic mass is 31.2. The highest BCUT2D eigenvalue weighted by molar-refractivity contribution is 7.45. The fourth-order valence-corrected chi connectivity index (χ4v) is 0. The van der Waals surface area contributed by atoms with E-state index >= 15 is 0 Å². The second kappa shape index (κ2) is 2.28. The smallest absolute Gasteiger partial charge is 0.303 e. The SMILES string of the molecule is O=P(O)(O)O.[OH]. The zero-order valence-electron chi connectivity index (χ0n) is 2.64. The van der Waals surface area contributed by atoms with Gasteiger partial charge in [-0.2, -0.15) is 0 Å². The predicted molar refractivity (Wildman–Crippen MR) is 16.2 cm³/mol. The van der Waals surface area contributed by atoms with Gasteiger partial charge in [0.1, 0.15) is 0 Å². The molecule has 0 rings (SSSR count). The van der Waals surface area contributed by atoms with Gasteiger partial charge in [-0.05, 0) is 0 Å². The topological polar surface area (TPSA) is 108 Å². The molecule has 0 heterocycles. The summed E-state index contributed by atoms with van der Waals surface area (Å²) in [6, 6.07) is 0. The van der Waals surface area contributed by atoms with E-state index in [1.807, 2.05) is 0 Å². The molecule has 0 saturated heterocycles. The lowest BCUT2D eigenvalue weighted by molar-refractivity contribution is 0.275. The molecule has 0 unspecified atom stereocenters. The highest BCUT2D eigenvalue weighted by Crippen LogP contribution is 2.25. The fraction of sp³-hybridized carbons (Fsp3) is 0. The summed E-state index contributed by atoms with van der Waals surface area (Å²) in [7, 11) is -4.64. The minimum atomic E-state index is -4.64. The zero-order valence-corrected chi connectivity index (χ0v) is 3.54. The number of phosphoric acid groups is 1. The van der Waals surface area contributed by atoms with Crippen molar-refractivity contribution >= 4 is 7.82 Å². The van der Waals surface area contributed by atoms with Gasteiger partial charge < -0.3 is 14.7 Å². The van der Waals surface area contributed by atoms with E-state index in [1.165, 1.54) is 0 Å². The van der Waals surface area contributed by atoms with Crippen LogP contribution in [0.5, 0.6) is 0 Å². The Morgan fingerprint density at radius 1 is 1.17 bits per heavy atom. The molecule has 0 aliphatic rings. The van der Waals surface area contributed by atoms with Crippen molar-refractivity contribution in [3.63, 3.8) is 0 Å². The van der Waals surface area contributed by atoms with Crippen LogP contribution in [0.3, 0.4) is 0 Å². The van der Waals surface area contributed by atoms with Gasteiger partial charge in [-0.15, -0.1) is 0 Å². The van der Waals surface area contributed by atoms with Gasteiger partial charge in [0.2, 0.25) is 0 Å². The molecule has 4 N–H and O–H groups in total. The monoisotopic (exact) mass is 115 g/mol. The molecule has 6 heteroatoms. The first kappa shape index (κ1) is 9.42. The standard InChI is InChI=1S/H3O4P.HO/c1-5(2,3)4;/h(H3,1,2,3,4);1H. The second-order valence-corrected chi connectivity index (χ2v) is 1.54. The van der Waals surface area contributed by atoms with Crippen molar-refractivity contribution in [1.29, 1.82) is 0 Å². The van der Waals surface area contributed by atoms with Gasteiger partial charge >= 0.3 is 7.82 Å². The normalized spacial score (nSPS) is 9.83. The van der Waals surface area contributed by atoms with E-state index < -0.39 is 7.82 Å². The Labute approximate surface area is 33.8 Å². The average molecular weight is 115 g/mol. The first-order chi connectivity index (χ1) is 2.00. The quantitative estimate of drug-likeness (QED) is 0.300. The van der Waals surface area contributed by atoms with Crippen LogP contribution in [0.2, 0.25) is 0 Å². The van der Waals surface area contributed by atoms with Crippen LogP contribution in [-0.2, 0) is 4.57 Å². The molecule has 5 nitrogen and oxygen atoms in total. The van der Waals surface area contributed by atoms with Crippen LogP contribution in [0, 0.1) is 0 Å². The Morgan fingerprint density at radius 2 is 1.17 bits per heavy atom. The molecule has 0 aliphatic carbocycles. The third-order valence-corrected chi connectivity index (χ3v) is 0. The molecule has 1 radical (unpaired) electrons. The van der Waals surface area contributed by atoms with E-state index in [4.69, 9.17) is 19.2 Å². The third-order valence-electron chi connectivity index (χ3n) is 0. The molecule has 0 fully saturated rings. The van der Waals surface area contributed by atoms with Gasteiger partial charge in [-0.25, -0.2) is 4.57 Å². The van der Waals surface area contributed by atoms with Crippen molar-refractivity contribution in [1.82, 2.24) is 0 Å². The van der Waals surface area contributed by atoms with E-state index in [2.05, 4.69) is 0 Å². The molecule has 39 valence electrons. The third kappa shape index (κ3) is 7830. The van der Waals surface area contributed by atoms with E-state index in [-0.39, 0.29) is 5.48 Å². The van der Waals surface area contributed by atoms with Crippen molar-refractivity contribution in [2.24, 2.45) is 0 Å². The summed E-state index contributed by atoms with van der Waals surface area (Å²) < 4.78 is 8.88. The summed E-state index contributed by atoms with van der Waals surface area (Å²) in [5.41, 5.74) is 0. The summed E-state index contributed by atoms with van der Waals surface area (Å²) >= 11 is 0. The van der Waals surface area contributed by atoms with E-state index in [0.717, 1.165) is 0 Å². The molecular formula is H4O5P. The Bertz CT molecular complexity index is 50.1. The lowest BCUT2D eigenvalue weighted by Gasteiger charge is -1.82. The van der Waals surface area contributed by atoms with E-state index in [0.29, 0.717) is 0 Å². The van der Waals surface area contributed by atoms with Crippen LogP contribution in [0.1, 0.15) is 0 Å². The minimum Gasteiger partial charge on any atom is -0.303 e.